The number of likely N-dealkylation sites (tertiary alicyclic amines) is 2. The summed E-state index contributed by atoms with van der Waals surface area (Å²) in [7, 11) is 0. The molecule has 1 aromatic carbocycles. The third kappa shape index (κ3) is 5.21. The monoisotopic (exact) mass is 517 g/mol. The highest BCUT2D eigenvalue weighted by molar-refractivity contribution is 6.07. The van der Waals surface area contributed by atoms with Crippen LogP contribution >= 0.6 is 0 Å². The summed E-state index contributed by atoms with van der Waals surface area (Å²) in [6, 6.07) is 0.739. The van der Waals surface area contributed by atoms with E-state index in [4.69, 9.17) is 0 Å². The third-order valence-corrected chi connectivity index (χ3v) is 6.86. The van der Waals surface area contributed by atoms with E-state index in [9.17, 15) is 41.1 Å². The molecule has 6 amide bonds. The first kappa shape index (κ1) is 25.6. The number of nitrogens with one attached hydrogen (secondary N) is 3. The lowest BCUT2D eigenvalue weighted by molar-refractivity contribution is -0.162. The van der Waals surface area contributed by atoms with E-state index in [-0.39, 0.29) is 44.3 Å². The molecule has 3 saturated heterocycles. The first-order valence-corrected chi connectivity index (χ1v) is 11.4. The Bertz CT molecular complexity index is 1070. The van der Waals surface area contributed by atoms with Gasteiger partial charge >= 0.3 is 18.2 Å². The summed E-state index contributed by atoms with van der Waals surface area (Å²) in [5.74, 6) is -4.71. The van der Waals surface area contributed by atoms with Crippen molar-refractivity contribution in [3.8, 4) is 0 Å². The fraction of sp³-hybridized carbons (Fsp3) is 0.545. The Labute approximate surface area is 202 Å². The molecular weight excluding hydrogens is 493 g/mol. The largest absolute Gasteiger partial charge is 0.406 e. The summed E-state index contributed by atoms with van der Waals surface area (Å²) in [6.45, 7) is -1.98. The average Bonchev–Trinajstić information content (AvgIpc) is 2.98. The zero-order valence-corrected chi connectivity index (χ0v) is 19.0. The minimum Gasteiger partial charge on any atom is -0.331 e. The number of carbonyl (C=O) groups is 4. The number of imide groups is 1. The van der Waals surface area contributed by atoms with Gasteiger partial charge in [-0.3, -0.25) is 14.9 Å². The highest BCUT2D eigenvalue weighted by atomic mass is 19.4. The molecule has 3 N–H and O–H groups in total. The van der Waals surface area contributed by atoms with E-state index in [0.29, 0.717) is 4.90 Å². The standard InChI is InChI=1S/C22H24F5N5O4/c23-14-3-1-2-13(16(14)24)12-4-5-15(17(33)32(10-12)11-22(25,26)27)28-20(36)31-8-6-21(7-9-31)18(34)29-19(35)30-21/h1-3,12,15H,4-11H2,(H,28,36)(H2,29,30,34,35)/t12-,15-/m1/s1. The predicted molar refractivity (Wildman–Crippen MR) is 114 cm³/mol. The van der Waals surface area contributed by atoms with Crippen LogP contribution in [0.15, 0.2) is 18.2 Å². The average molecular weight is 517 g/mol. The second-order valence-corrected chi connectivity index (χ2v) is 9.23. The van der Waals surface area contributed by atoms with Gasteiger partial charge in [-0.1, -0.05) is 12.1 Å². The van der Waals surface area contributed by atoms with Gasteiger partial charge in [0, 0.05) is 25.6 Å². The van der Waals surface area contributed by atoms with Crippen LogP contribution < -0.4 is 16.0 Å². The van der Waals surface area contributed by atoms with Crippen molar-refractivity contribution in [3.05, 3.63) is 35.4 Å². The van der Waals surface area contributed by atoms with E-state index in [0.717, 1.165) is 6.07 Å². The Morgan fingerprint density at radius 3 is 2.42 bits per heavy atom. The smallest absolute Gasteiger partial charge is 0.331 e. The summed E-state index contributed by atoms with van der Waals surface area (Å²) in [4.78, 5) is 51.2. The van der Waals surface area contributed by atoms with E-state index < -0.39 is 72.3 Å². The minimum atomic E-state index is -4.74. The Kier molecular flexibility index (Phi) is 6.80. The molecule has 196 valence electrons. The van der Waals surface area contributed by atoms with Crippen molar-refractivity contribution in [1.29, 1.82) is 0 Å². The molecule has 3 heterocycles. The molecule has 3 aliphatic heterocycles. The fourth-order valence-corrected chi connectivity index (χ4v) is 4.95. The lowest BCUT2D eigenvalue weighted by Gasteiger charge is -2.37. The van der Waals surface area contributed by atoms with E-state index in [1.165, 1.54) is 17.0 Å². The van der Waals surface area contributed by atoms with Gasteiger partial charge in [0.2, 0.25) is 5.91 Å². The Morgan fingerprint density at radius 2 is 1.81 bits per heavy atom. The number of amides is 6. The number of piperidine rings is 1. The van der Waals surface area contributed by atoms with Gasteiger partial charge in [0.25, 0.3) is 5.91 Å². The maximum absolute atomic E-state index is 14.4. The highest BCUT2D eigenvalue weighted by Gasteiger charge is 2.49. The van der Waals surface area contributed by atoms with Crippen LogP contribution in [0.5, 0.6) is 0 Å². The lowest BCUT2D eigenvalue weighted by atomic mass is 9.88. The van der Waals surface area contributed by atoms with Gasteiger partial charge in [0.1, 0.15) is 18.1 Å². The summed E-state index contributed by atoms with van der Waals surface area (Å²) < 4.78 is 67.8. The van der Waals surface area contributed by atoms with Gasteiger partial charge in [-0.2, -0.15) is 13.2 Å². The molecule has 9 nitrogen and oxygen atoms in total. The molecule has 3 fully saturated rings. The summed E-state index contributed by atoms with van der Waals surface area (Å²) in [5, 5.41) is 7.16. The number of urea groups is 2. The summed E-state index contributed by atoms with van der Waals surface area (Å²) in [6.07, 6.45) is -4.56. The number of halogens is 5. The lowest BCUT2D eigenvalue weighted by Crippen LogP contribution is -2.59. The van der Waals surface area contributed by atoms with Gasteiger partial charge in [0.15, 0.2) is 11.6 Å². The van der Waals surface area contributed by atoms with Crippen molar-refractivity contribution in [1.82, 2.24) is 25.8 Å². The summed E-state index contributed by atoms with van der Waals surface area (Å²) >= 11 is 0. The number of alkyl halides is 3. The second-order valence-electron chi connectivity index (χ2n) is 9.23. The van der Waals surface area contributed by atoms with Crippen molar-refractivity contribution in [2.75, 3.05) is 26.2 Å². The van der Waals surface area contributed by atoms with Gasteiger partial charge in [-0.05, 0) is 37.3 Å². The maximum atomic E-state index is 14.4. The van der Waals surface area contributed by atoms with Crippen LogP contribution in [-0.4, -0.2) is 77.6 Å². The van der Waals surface area contributed by atoms with E-state index >= 15 is 0 Å². The molecule has 1 aromatic rings. The van der Waals surface area contributed by atoms with E-state index in [1.807, 2.05) is 0 Å². The molecule has 0 unspecified atom stereocenters. The Morgan fingerprint density at radius 1 is 1.11 bits per heavy atom. The Balaban J connectivity index is 1.47. The molecule has 36 heavy (non-hydrogen) atoms. The van der Waals surface area contributed by atoms with Crippen molar-refractivity contribution >= 4 is 23.9 Å². The first-order chi connectivity index (χ1) is 16.9. The predicted octanol–water partition coefficient (Wildman–Crippen LogP) is 1.99. The molecule has 0 bridgehead atoms. The van der Waals surface area contributed by atoms with Gasteiger partial charge in [0.05, 0.1) is 0 Å². The normalized spacial score (nSPS) is 24.4. The van der Waals surface area contributed by atoms with Crippen LogP contribution in [0, 0.1) is 11.6 Å². The van der Waals surface area contributed by atoms with Crippen molar-refractivity contribution in [2.24, 2.45) is 0 Å². The SMILES string of the molecule is O=C1NC(=O)C2(CCN(C(=O)N[C@@H]3CC[C@@H](c4cccc(F)c4F)CN(CC(F)(F)F)C3=O)CC2)N1. The molecule has 4 rings (SSSR count). The maximum Gasteiger partial charge on any atom is 0.406 e. The van der Waals surface area contributed by atoms with Crippen LogP contribution in [-0.2, 0) is 9.59 Å². The van der Waals surface area contributed by atoms with Crippen LogP contribution in [0.3, 0.4) is 0 Å². The minimum absolute atomic E-state index is 0.0285. The van der Waals surface area contributed by atoms with Crippen molar-refractivity contribution < 1.29 is 41.1 Å². The molecule has 0 aliphatic carbocycles. The number of hydrogen-bond acceptors (Lipinski definition) is 4. The van der Waals surface area contributed by atoms with E-state index in [1.54, 1.807) is 0 Å². The molecular formula is C22H24F5N5O4. The quantitative estimate of drug-likeness (QED) is 0.421. The van der Waals surface area contributed by atoms with Crippen LogP contribution in [0.1, 0.15) is 37.2 Å². The number of rotatable bonds is 3. The van der Waals surface area contributed by atoms with Gasteiger partial charge in [-0.15, -0.1) is 0 Å². The topological polar surface area (TPSA) is 111 Å². The van der Waals surface area contributed by atoms with Crippen molar-refractivity contribution in [2.45, 2.75) is 49.4 Å². The summed E-state index contributed by atoms with van der Waals surface area (Å²) in [5.41, 5.74) is -1.27. The van der Waals surface area contributed by atoms with Crippen molar-refractivity contribution in [3.63, 3.8) is 0 Å². The number of benzene rings is 1. The second kappa shape index (κ2) is 9.54. The van der Waals surface area contributed by atoms with Crippen LogP contribution in [0.4, 0.5) is 31.5 Å². The first-order valence-electron chi connectivity index (χ1n) is 11.4. The molecule has 3 aliphatic rings. The van der Waals surface area contributed by atoms with E-state index in [2.05, 4.69) is 16.0 Å². The molecule has 14 heteroatoms. The molecule has 2 atom stereocenters. The van der Waals surface area contributed by atoms with Gasteiger partial charge < -0.3 is 20.4 Å². The van der Waals surface area contributed by atoms with Crippen LogP contribution in [0.2, 0.25) is 0 Å². The highest BCUT2D eigenvalue weighted by Crippen LogP contribution is 2.32. The van der Waals surface area contributed by atoms with Crippen LogP contribution in [0.25, 0.3) is 0 Å². The molecule has 0 aromatic heterocycles. The number of nitrogens with zero attached hydrogens (tertiary/aromatic N) is 2. The fourth-order valence-electron chi connectivity index (χ4n) is 4.95. The Hall–Kier alpha value is -3.45. The third-order valence-electron chi connectivity index (χ3n) is 6.86. The molecule has 1 spiro atoms. The zero-order valence-electron chi connectivity index (χ0n) is 19.0. The van der Waals surface area contributed by atoms with Gasteiger partial charge in [-0.25, -0.2) is 18.4 Å². The number of carbonyl (C=O) groups excluding carboxylic acids is 4. The molecule has 0 radical (unpaired) electrons. The molecule has 0 saturated carbocycles. The number of hydrogen-bond donors (Lipinski definition) is 3. The zero-order chi connectivity index (χ0) is 26.3.